The molecule has 5 nitrogen and oxygen atoms in total. The second kappa shape index (κ2) is 3.86. The van der Waals surface area contributed by atoms with E-state index >= 15 is 0 Å². The Morgan fingerprint density at radius 3 is 2.44 bits per heavy atom. The zero-order chi connectivity index (χ0) is 12.6. The summed E-state index contributed by atoms with van der Waals surface area (Å²) in [5, 5.41) is 0.240. The lowest BCUT2D eigenvalue weighted by molar-refractivity contribution is 0.376. The van der Waals surface area contributed by atoms with Crippen molar-refractivity contribution >= 4 is 9.84 Å². The summed E-state index contributed by atoms with van der Waals surface area (Å²) in [6, 6.07) is 0. The lowest BCUT2D eigenvalue weighted by Gasteiger charge is -2.22. The molecule has 0 aliphatic carbocycles. The summed E-state index contributed by atoms with van der Waals surface area (Å²) in [5.41, 5.74) is -1.12. The van der Waals surface area contributed by atoms with E-state index in [2.05, 4.69) is 11.6 Å². The van der Waals surface area contributed by atoms with Gasteiger partial charge in [0.1, 0.15) is 0 Å². The van der Waals surface area contributed by atoms with Crippen molar-refractivity contribution < 1.29 is 8.42 Å². The highest BCUT2D eigenvalue weighted by molar-refractivity contribution is 7.94. The lowest BCUT2D eigenvalue weighted by atomic mass is 10.1. The molecule has 1 aromatic rings. The first-order valence-corrected chi connectivity index (χ1v) is 6.20. The van der Waals surface area contributed by atoms with E-state index < -0.39 is 26.0 Å². The number of rotatable bonds is 2. The topological polar surface area (TPSA) is 69.0 Å². The maximum Gasteiger partial charge on any atom is 0.289 e. The molecule has 0 radical (unpaired) electrons. The third-order valence-electron chi connectivity index (χ3n) is 2.02. The molecule has 0 saturated heterocycles. The summed E-state index contributed by atoms with van der Waals surface area (Å²) in [4.78, 5) is 15.5. The van der Waals surface area contributed by atoms with Gasteiger partial charge in [0.05, 0.1) is 0 Å². The minimum absolute atomic E-state index is 0.486. The van der Waals surface area contributed by atoms with E-state index in [0.29, 0.717) is 0 Å². The number of hydrogen-bond acceptors (Lipinski definition) is 4. The summed E-state index contributed by atoms with van der Waals surface area (Å²) in [6.45, 7) is 8.58. The maximum atomic E-state index is 11.9. The fourth-order valence-electron chi connectivity index (χ4n) is 1.20. The quantitative estimate of drug-likeness (QED) is 0.773. The monoisotopic (exact) mass is 242 g/mol. The Hall–Kier alpha value is -1.43. The van der Waals surface area contributed by atoms with Crippen LogP contribution < -0.4 is 5.56 Å². The Bertz CT molecular complexity index is 564. The molecular weight excluding hydrogens is 228 g/mol. The normalized spacial score (nSPS) is 12.4. The smallest absolute Gasteiger partial charge is 0.289 e. The van der Waals surface area contributed by atoms with Crippen molar-refractivity contribution in [1.82, 2.24) is 9.55 Å². The van der Waals surface area contributed by atoms with E-state index in [0.717, 1.165) is 5.41 Å². The van der Waals surface area contributed by atoms with Gasteiger partial charge < -0.3 is 4.57 Å². The summed E-state index contributed by atoms with van der Waals surface area (Å²) >= 11 is 0. The van der Waals surface area contributed by atoms with Crippen molar-refractivity contribution in [3.05, 3.63) is 34.7 Å². The third kappa shape index (κ3) is 2.21. The molecule has 0 unspecified atom stereocenters. The molecule has 0 aliphatic rings. The van der Waals surface area contributed by atoms with Gasteiger partial charge in [-0.3, -0.25) is 4.79 Å². The first-order valence-electron chi connectivity index (χ1n) is 4.66. The van der Waals surface area contributed by atoms with Crippen LogP contribution in [-0.4, -0.2) is 18.0 Å². The Balaban J connectivity index is 3.61. The Morgan fingerprint density at radius 1 is 1.44 bits per heavy atom. The van der Waals surface area contributed by atoms with Crippen LogP contribution in [0, 0.1) is 0 Å². The van der Waals surface area contributed by atoms with E-state index in [-0.39, 0.29) is 0 Å². The second-order valence-electron chi connectivity index (χ2n) is 4.29. The first kappa shape index (κ1) is 12.6. The van der Waals surface area contributed by atoms with Crippen LogP contribution in [-0.2, 0) is 15.4 Å². The van der Waals surface area contributed by atoms with Gasteiger partial charge in [-0.05, 0) is 20.8 Å². The molecule has 0 aliphatic heterocycles. The van der Waals surface area contributed by atoms with Crippen molar-refractivity contribution in [2.24, 2.45) is 0 Å². The largest absolute Gasteiger partial charge is 0.306 e. The van der Waals surface area contributed by atoms with Gasteiger partial charge in [-0.2, -0.15) is 0 Å². The molecule has 16 heavy (non-hydrogen) atoms. The number of nitrogens with zero attached hydrogens (tertiary/aromatic N) is 2. The second-order valence-corrected chi connectivity index (χ2v) is 6.10. The van der Waals surface area contributed by atoms with Crippen LogP contribution >= 0.6 is 0 Å². The Morgan fingerprint density at radius 2 is 2.00 bits per heavy atom. The van der Waals surface area contributed by atoms with Crippen LogP contribution in [0.2, 0.25) is 0 Å². The molecule has 1 aromatic heterocycles. The molecule has 0 N–H and O–H groups in total. The highest BCUT2D eigenvalue weighted by Crippen LogP contribution is 2.11. The molecule has 0 saturated carbocycles. The fraction of sp³-hybridized carbons (Fsp3) is 0.400. The van der Waals surface area contributed by atoms with E-state index in [4.69, 9.17) is 0 Å². The van der Waals surface area contributed by atoms with Crippen LogP contribution in [0.4, 0.5) is 0 Å². The maximum absolute atomic E-state index is 11.9. The van der Waals surface area contributed by atoms with Crippen molar-refractivity contribution in [1.29, 1.82) is 0 Å². The van der Waals surface area contributed by atoms with E-state index in [1.807, 2.05) is 0 Å². The van der Waals surface area contributed by atoms with Gasteiger partial charge in [-0.15, -0.1) is 0 Å². The predicted octanol–water partition coefficient (Wildman–Crippen LogP) is 0.915. The number of sulfone groups is 1. The molecule has 88 valence electrons. The molecule has 0 amide bonds. The molecule has 0 spiro atoms. The van der Waals surface area contributed by atoms with Crippen LogP contribution in [0.25, 0.3) is 0 Å². The fourth-order valence-corrected chi connectivity index (χ4v) is 1.90. The molecular formula is C10H14N2O3S. The van der Waals surface area contributed by atoms with Gasteiger partial charge in [0, 0.05) is 23.3 Å². The van der Waals surface area contributed by atoms with E-state index in [1.54, 1.807) is 20.8 Å². The zero-order valence-corrected chi connectivity index (χ0v) is 10.3. The van der Waals surface area contributed by atoms with Gasteiger partial charge in [-0.1, -0.05) is 6.58 Å². The van der Waals surface area contributed by atoms with Crippen LogP contribution in [0.3, 0.4) is 0 Å². The van der Waals surface area contributed by atoms with Crippen LogP contribution in [0.5, 0.6) is 0 Å². The zero-order valence-electron chi connectivity index (χ0n) is 9.47. The van der Waals surface area contributed by atoms with Gasteiger partial charge in [0.2, 0.25) is 14.9 Å². The summed E-state index contributed by atoms with van der Waals surface area (Å²) in [7, 11) is -3.79. The van der Waals surface area contributed by atoms with E-state index in [1.165, 1.54) is 17.0 Å². The Kier molecular flexibility index (Phi) is 3.05. The van der Waals surface area contributed by atoms with Gasteiger partial charge >= 0.3 is 0 Å². The van der Waals surface area contributed by atoms with Crippen molar-refractivity contribution in [2.75, 3.05) is 0 Å². The molecule has 6 heteroatoms. The molecule has 0 aromatic carbocycles. The average Bonchev–Trinajstić information content (AvgIpc) is 2.16. The van der Waals surface area contributed by atoms with Gasteiger partial charge in [0.25, 0.3) is 5.56 Å². The summed E-state index contributed by atoms with van der Waals surface area (Å²) in [6.07, 6.45) is 2.76. The molecule has 1 rings (SSSR count). The minimum atomic E-state index is -3.79. The molecule has 0 atom stereocenters. The average molecular weight is 242 g/mol. The number of aromatic nitrogens is 2. The van der Waals surface area contributed by atoms with Crippen molar-refractivity contribution in [3.63, 3.8) is 0 Å². The SMILES string of the molecule is C=CS(=O)(=O)c1nccn(C(C)(C)C)c1=O. The Labute approximate surface area is 94.4 Å². The minimum Gasteiger partial charge on any atom is -0.306 e. The van der Waals surface area contributed by atoms with Crippen molar-refractivity contribution in [2.45, 2.75) is 31.3 Å². The summed E-state index contributed by atoms with van der Waals surface area (Å²) in [5.74, 6) is 0. The highest BCUT2D eigenvalue weighted by Gasteiger charge is 2.22. The standard InChI is InChI=1S/C10H14N2O3S/c1-5-16(14,15)8-9(13)12(7-6-11-8)10(2,3)4/h5-7H,1H2,2-4H3. The van der Waals surface area contributed by atoms with Crippen LogP contribution in [0.1, 0.15) is 20.8 Å². The molecule has 0 fully saturated rings. The lowest BCUT2D eigenvalue weighted by Crippen LogP contribution is -2.36. The number of hydrogen-bond donors (Lipinski definition) is 0. The highest BCUT2D eigenvalue weighted by atomic mass is 32.2. The van der Waals surface area contributed by atoms with Gasteiger partial charge in [-0.25, -0.2) is 13.4 Å². The molecule has 1 heterocycles. The van der Waals surface area contributed by atoms with Crippen LogP contribution in [0.15, 0.2) is 34.2 Å². The summed E-state index contributed by atoms with van der Waals surface area (Å²) < 4.78 is 24.3. The third-order valence-corrected chi connectivity index (χ3v) is 3.28. The first-order chi connectivity index (χ1) is 7.20. The predicted molar refractivity (Wildman–Crippen MR) is 60.9 cm³/mol. The van der Waals surface area contributed by atoms with E-state index in [9.17, 15) is 13.2 Å². The molecule has 0 bridgehead atoms. The van der Waals surface area contributed by atoms with Crippen molar-refractivity contribution in [3.8, 4) is 0 Å². The van der Waals surface area contributed by atoms with Gasteiger partial charge in [0.15, 0.2) is 0 Å².